The number of unbranched alkanes of at least 4 members (excludes halogenated alkanes) is 5. The third kappa shape index (κ3) is 17.7. The molecule has 0 aromatic heterocycles. The van der Waals surface area contributed by atoms with Gasteiger partial charge >= 0.3 is 0 Å². The summed E-state index contributed by atoms with van der Waals surface area (Å²) in [6.45, 7) is 7.89. The lowest BCUT2D eigenvalue weighted by Crippen LogP contribution is -2.68. The topological polar surface area (TPSA) is 412 Å². The summed E-state index contributed by atoms with van der Waals surface area (Å²) in [5.41, 5.74) is 9.32. The molecule has 25 heteroatoms. The minimum absolute atomic E-state index is 0.0290. The molecule has 442 valence electrons. The minimum Gasteiger partial charge on any atom is -0.508 e. The van der Waals surface area contributed by atoms with E-state index in [-0.39, 0.29) is 56.8 Å². The van der Waals surface area contributed by atoms with Gasteiger partial charge in [0, 0.05) is 45.4 Å². The number of nitrogens with two attached hydrogens (primary N) is 2. The Morgan fingerprint density at radius 2 is 1.40 bits per heavy atom. The van der Waals surface area contributed by atoms with E-state index in [4.69, 9.17) is 11.5 Å². The molecule has 1 aromatic carbocycles. The Kier molecular flexibility index (Phi) is 26.0. The molecule has 4 rings (SSSR count). The van der Waals surface area contributed by atoms with Gasteiger partial charge < -0.3 is 88.7 Å². The lowest BCUT2D eigenvalue weighted by Gasteiger charge is -2.40. The van der Waals surface area contributed by atoms with Gasteiger partial charge in [0.05, 0.1) is 30.5 Å². The van der Waals surface area contributed by atoms with Crippen molar-refractivity contribution in [3.63, 3.8) is 0 Å². The van der Waals surface area contributed by atoms with E-state index in [2.05, 4.69) is 52.7 Å². The molecule has 0 bridgehead atoms. The molecule has 3 fully saturated rings. The van der Waals surface area contributed by atoms with Crippen molar-refractivity contribution < 1.29 is 74.4 Å². The van der Waals surface area contributed by atoms with Crippen LogP contribution in [0.4, 0.5) is 0 Å². The Morgan fingerprint density at radius 1 is 0.769 bits per heavy atom. The maximum Gasteiger partial charge on any atom is 0.249 e. The fraction of sp³-hybridized carbons (Fsp3) is 0.755. The first-order valence-corrected chi connectivity index (χ1v) is 27.7. The summed E-state index contributed by atoms with van der Waals surface area (Å²) >= 11 is 0. The first kappa shape index (κ1) is 65.4. The predicted molar refractivity (Wildman–Crippen MR) is 285 cm³/mol. The van der Waals surface area contributed by atoms with Crippen molar-refractivity contribution in [1.29, 1.82) is 0 Å². The van der Waals surface area contributed by atoms with E-state index in [0.717, 1.165) is 55.2 Å². The molecule has 16 atom stereocenters. The van der Waals surface area contributed by atoms with Crippen LogP contribution in [-0.2, 0) is 33.6 Å². The van der Waals surface area contributed by atoms with E-state index in [0.29, 0.717) is 24.7 Å². The number of carbonyl (C=O) groups excluding carboxylic acids is 7. The van der Waals surface area contributed by atoms with Crippen LogP contribution in [0.1, 0.15) is 136 Å². The summed E-state index contributed by atoms with van der Waals surface area (Å²) < 4.78 is 0. The second-order valence-electron chi connectivity index (χ2n) is 21.8. The Bertz CT molecular complexity index is 2130. The molecule has 0 aliphatic carbocycles. The normalized spacial score (nSPS) is 29.4. The van der Waals surface area contributed by atoms with Gasteiger partial charge in [0.2, 0.25) is 41.4 Å². The van der Waals surface area contributed by atoms with Crippen molar-refractivity contribution in [3.05, 3.63) is 29.8 Å². The molecule has 0 spiro atoms. The molecule has 2 unspecified atom stereocenters. The van der Waals surface area contributed by atoms with Gasteiger partial charge in [-0.1, -0.05) is 77.8 Å². The summed E-state index contributed by atoms with van der Waals surface area (Å²) in [4.78, 5) is 103. The van der Waals surface area contributed by atoms with Crippen LogP contribution >= 0.6 is 0 Å². The predicted octanol–water partition coefficient (Wildman–Crippen LogP) is -2.92. The summed E-state index contributed by atoms with van der Waals surface area (Å²) in [6, 6.07) is -4.71. The van der Waals surface area contributed by atoms with Gasteiger partial charge in [0.15, 0.2) is 0 Å². The van der Waals surface area contributed by atoms with Gasteiger partial charge in [0.25, 0.3) is 0 Å². The van der Waals surface area contributed by atoms with Crippen molar-refractivity contribution in [2.75, 3.05) is 32.7 Å². The van der Waals surface area contributed by atoms with Crippen LogP contribution in [0, 0.1) is 11.8 Å². The first-order chi connectivity index (χ1) is 36.9. The minimum atomic E-state index is -2.29. The maximum atomic E-state index is 14.8. The number of nitrogens with zero attached hydrogens (tertiary/aromatic N) is 2. The highest BCUT2D eigenvalue weighted by atomic mass is 16.3. The molecule has 18 N–H and O–H groups in total. The van der Waals surface area contributed by atoms with Crippen LogP contribution in [0.15, 0.2) is 24.3 Å². The Hall–Kier alpha value is -5.09. The van der Waals surface area contributed by atoms with Crippen LogP contribution < -0.4 is 43.4 Å². The Balaban J connectivity index is 1.75. The fourth-order valence-electron chi connectivity index (χ4n) is 10.5. The maximum absolute atomic E-state index is 14.8. The van der Waals surface area contributed by atoms with Crippen LogP contribution in [0.5, 0.6) is 5.75 Å². The number of phenolic OH excluding ortho intramolecular Hbond substituents is 1. The standard InChI is InChI=1S/C53H90N10O15/c1-6-29(2)25-30(3)13-11-9-7-8-10-12-14-40(70)57-35-27-38(68)46(56-23-22-55)61-52(78)53(5)39(69)20-24-63(53)51(77)42(37(67)19-21-54)59-49(75)43(45(72)44(71)32-15-17-33(65)18-16-32)60-48(74)36-26-34(66)28-62(36)50(76)41(31(4)64)58-47(35)73/h15-18,29-31,34-39,41-46,56,64-69,71-72H,6-14,19-28,54-55H2,1-5H3,(H,57,70)(H,58,73)(H,59,75)(H,60,74)(H,61,78)/t29?,30?,31-,34-,35-,36+,37-,38-,39+,41+,42+,43+,44+,45+,46+,53+/m1/s1. The van der Waals surface area contributed by atoms with E-state index >= 15 is 0 Å². The summed E-state index contributed by atoms with van der Waals surface area (Å²) in [5.74, 6) is -6.48. The summed E-state index contributed by atoms with van der Waals surface area (Å²) in [7, 11) is 0. The number of benzene rings is 1. The number of aliphatic hydroxyl groups is 7. The molecule has 78 heavy (non-hydrogen) atoms. The van der Waals surface area contributed by atoms with Gasteiger partial charge in [-0.25, -0.2) is 0 Å². The van der Waals surface area contributed by atoms with Crippen molar-refractivity contribution in [3.8, 4) is 5.75 Å². The average Bonchev–Trinajstić information content (AvgIpc) is 4.01. The number of fused-ring (bicyclic) bond motifs is 2. The lowest BCUT2D eigenvalue weighted by molar-refractivity contribution is -0.153. The van der Waals surface area contributed by atoms with Crippen LogP contribution in [-0.4, -0.2) is 203 Å². The second-order valence-corrected chi connectivity index (χ2v) is 21.8. The highest BCUT2D eigenvalue weighted by Gasteiger charge is 2.55. The molecular weight excluding hydrogens is 1020 g/mol. The molecule has 3 aliphatic heterocycles. The Labute approximate surface area is 457 Å². The lowest BCUT2D eigenvalue weighted by atomic mass is 9.91. The largest absolute Gasteiger partial charge is 0.508 e. The zero-order valence-electron chi connectivity index (χ0n) is 45.9. The quantitative estimate of drug-likeness (QED) is 0.0488. The number of aliphatic hydroxyl groups excluding tert-OH is 7. The molecular formula is C53H90N10O15. The number of aromatic hydroxyl groups is 1. The van der Waals surface area contributed by atoms with Gasteiger partial charge in [-0.05, 0) is 75.6 Å². The zero-order valence-corrected chi connectivity index (χ0v) is 45.9. The molecule has 1 aromatic rings. The van der Waals surface area contributed by atoms with E-state index in [1.165, 1.54) is 37.6 Å². The molecule has 3 aliphatic rings. The third-order valence-electron chi connectivity index (χ3n) is 15.5. The number of rotatable bonds is 23. The molecule has 25 nitrogen and oxygen atoms in total. The van der Waals surface area contributed by atoms with Gasteiger partial charge in [-0.3, -0.25) is 38.9 Å². The van der Waals surface area contributed by atoms with Crippen LogP contribution in [0.3, 0.4) is 0 Å². The number of phenols is 1. The molecule has 3 saturated heterocycles. The number of amides is 7. The fourth-order valence-corrected chi connectivity index (χ4v) is 10.5. The number of nitrogens with one attached hydrogen (secondary N) is 6. The SMILES string of the molecule is CCC(C)CC(C)CCCCCCCCC(=O)N[C@@H]1C[C@@H](O)[C@@H](NCCN)NC(=O)[C@]2(C)[C@@H](O)CCN2C(=O)[C@H]([C@H](O)CCN)NC(=O)[C@H]([C@H](O)[C@@H](O)c2ccc(O)cc2)NC(=O)[C@@H]2C[C@@H](O)CN2C(=O)[C@H]([C@@H](C)O)NC1=O. The van der Waals surface area contributed by atoms with Crippen molar-refractivity contribution in [2.24, 2.45) is 23.3 Å². The molecule has 7 amide bonds. The zero-order chi connectivity index (χ0) is 58.0. The number of carbonyl (C=O) groups is 7. The van der Waals surface area contributed by atoms with Crippen molar-refractivity contribution >= 4 is 41.4 Å². The van der Waals surface area contributed by atoms with Crippen LogP contribution in [0.25, 0.3) is 0 Å². The van der Waals surface area contributed by atoms with E-state index in [1.807, 2.05) is 0 Å². The highest BCUT2D eigenvalue weighted by Crippen LogP contribution is 2.32. The van der Waals surface area contributed by atoms with E-state index in [9.17, 15) is 74.4 Å². The van der Waals surface area contributed by atoms with E-state index < -0.39 is 145 Å². The highest BCUT2D eigenvalue weighted by molar-refractivity contribution is 5.99. The average molecular weight is 1110 g/mol. The Morgan fingerprint density at radius 3 is 2.03 bits per heavy atom. The smallest absolute Gasteiger partial charge is 0.249 e. The first-order valence-electron chi connectivity index (χ1n) is 27.7. The third-order valence-corrected chi connectivity index (χ3v) is 15.5. The number of hydrogen-bond acceptors (Lipinski definition) is 18. The molecule has 0 saturated carbocycles. The van der Waals surface area contributed by atoms with E-state index in [1.54, 1.807) is 0 Å². The molecule has 0 radical (unpaired) electrons. The molecule has 3 heterocycles. The number of hydrogen-bond donors (Lipinski definition) is 16. The summed E-state index contributed by atoms with van der Waals surface area (Å²) in [6.07, 6.45) is -7.13. The van der Waals surface area contributed by atoms with Crippen molar-refractivity contribution in [1.82, 2.24) is 41.7 Å². The monoisotopic (exact) mass is 1110 g/mol. The van der Waals surface area contributed by atoms with Crippen LogP contribution in [0.2, 0.25) is 0 Å². The summed E-state index contributed by atoms with van der Waals surface area (Å²) in [5, 5.41) is 105. The van der Waals surface area contributed by atoms with Gasteiger partial charge in [-0.2, -0.15) is 0 Å². The van der Waals surface area contributed by atoms with Gasteiger partial charge in [-0.15, -0.1) is 0 Å². The van der Waals surface area contributed by atoms with Gasteiger partial charge in [0.1, 0.15) is 59.9 Å². The van der Waals surface area contributed by atoms with Crippen molar-refractivity contribution in [2.45, 2.75) is 209 Å². The second kappa shape index (κ2) is 31.1.